The summed E-state index contributed by atoms with van der Waals surface area (Å²) in [6.45, 7) is 5.53. The van der Waals surface area contributed by atoms with E-state index in [1.165, 1.54) is 38.8 Å². The Labute approximate surface area is 288 Å². The number of aliphatic hydroxyl groups is 1. The van der Waals surface area contributed by atoms with E-state index >= 15 is 0 Å². The summed E-state index contributed by atoms with van der Waals surface area (Å²) in [4.78, 5) is 18.2. The minimum atomic E-state index is -0.595. The summed E-state index contributed by atoms with van der Waals surface area (Å²) in [5.41, 5.74) is 4.08. The molecule has 3 heterocycles. The number of ether oxygens (including phenoxy) is 3. The first-order valence-corrected chi connectivity index (χ1v) is 17.6. The summed E-state index contributed by atoms with van der Waals surface area (Å²) < 4.78 is 19.2. The predicted molar refractivity (Wildman–Crippen MR) is 191 cm³/mol. The number of carbonyl (C=O) groups excluding carboxylic acids is 1. The van der Waals surface area contributed by atoms with Gasteiger partial charge in [-0.15, -0.1) is 0 Å². The minimum Gasteiger partial charge on any atom is -0.457 e. The SMILES string of the molecule is O=C(Nc1ccc(Oc2ccccc2)cc1)Nc1cccc([C@H]2O[C@@H](CN3CCC[C@H]3CN3CCCC3)C[C@@H](c3ccc(CO)cc3)O2)c1. The summed E-state index contributed by atoms with van der Waals surface area (Å²) >= 11 is 0. The minimum absolute atomic E-state index is 0.00881. The number of rotatable bonds is 11. The van der Waals surface area contributed by atoms with E-state index in [-0.39, 0.29) is 24.8 Å². The van der Waals surface area contributed by atoms with Gasteiger partial charge in [-0.1, -0.05) is 54.6 Å². The summed E-state index contributed by atoms with van der Waals surface area (Å²) in [5.74, 6) is 1.44. The molecule has 0 unspecified atom stereocenters. The average molecular weight is 663 g/mol. The monoisotopic (exact) mass is 662 g/mol. The second kappa shape index (κ2) is 16.0. The average Bonchev–Trinajstić information content (AvgIpc) is 3.82. The number of hydrogen-bond acceptors (Lipinski definition) is 7. The molecule has 0 radical (unpaired) electrons. The van der Waals surface area contributed by atoms with Gasteiger partial charge in [0.15, 0.2) is 6.29 Å². The van der Waals surface area contributed by atoms with Crippen LogP contribution in [0.15, 0.2) is 103 Å². The van der Waals surface area contributed by atoms with Crippen molar-refractivity contribution in [1.29, 1.82) is 0 Å². The molecule has 0 aliphatic carbocycles. The van der Waals surface area contributed by atoms with Crippen molar-refractivity contribution in [2.45, 2.75) is 63.3 Å². The number of nitrogens with zero attached hydrogens (tertiary/aromatic N) is 2. The zero-order chi connectivity index (χ0) is 33.4. The zero-order valence-electron chi connectivity index (χ0n) is 27.9. The van der Waals surface area contributed by atoms with E-state index in [1.54, 1.807) is 12.1 Å². The Balaban J connectivity index is 1.02. The molecule has 0 aromatic heterocycles. The number of carbonyl (C=O) groups is 1. The third-order valence-corrected chi connectivity index (χ3v) is 9.73. The lowest BCUT2D eigenvalue weighted by atomic mass is 9.99. The summed E-state index contributed by atoms with van der Waals surface area (Å²) in [5, 5.41) is 15.5. The van der Waals surface area contributed by atoms with Crippen LogP contribution in [0.3, 0.4) is 0 Å². The maximum atomic E-state index is 13.0. The summed E-state index contributed by atoms with van der Waals surface area (Å²) in [6, 6.07) is 32.7. The maximum absolute atomic E-state index is 13.0. The molecule has 4 aromatic carbocycles. The Bertz CT molecular complexity index is 1650. The Hall–Kier alpha value is -4.25. The van der Waals surface area contributed by atoms with Gasteiger partial charge in [0, 0.05) is 42.5 Å². The van der Waals surface area contributed by atoms with Crippen molar-refractivity contribution in [2.75, 3.05) is 43.4 Å². The van der Waals surface area contributed by atoms with E-state index in [0.717, 1.165) is 48.5 Å². The van der Waals surface area contributed by atoms with Gasteiger partial charge in [0.25, 0.3) is 0 Å². The van der Waals surface area contributed by atoms with Gasteiger partial charge in [-0.25, -0.2) is 4.79 Å². The highest BCUT2D eigenvalue weighted by molar-refractivity contribution is 5.99. The first-order valence-electron chi connectivity index (χ1n) is 17.6. The van der Waals surface area contributed by atoms with Gasteiger partial charge >= 0.3 is 6.03 Å². The summed E-state index contributed by atoms with van der Waals surface area (Å²) in [6.07, 6.45) is 5.04. The molecule has 256 valence electrons. The molecule has 2 amide bonds. The van der Waals surface area contributed by atoms with Crippen LogP contribution < -0.4 is 15.4 Å². The normalized spacial score (nSPS) is 23.0. The first-order chi connectivity index (χ1) is 24.1. The molecular weight excluding hydrogens is 616 g/mol. The molecule has 0 spiro atoms. The lowest BCUT2D eigenvalue weighted by molar-refractivity contribution is -0.253. The number of anilines is 2. The molecule has 9 nitrogen and oxygen atoms in total. The van der Waals surface area contributed by atoms with Crippen LogP contribution in [0, 0.1) is 0 Å². The number of nitrogens with one attached hydrogen (secondary N) is 2. The van der Waals surface area contributed by atoms with E-state index in [1.807, 2.05) is 91.0 Å². The molecule has 49 heavy (non-hydrogen) atoms. The number of urea groups is 1. The van der Waals surface area contributed by atoms with E-state index < -0.39 is 6.29 Å². The van der Waals surface area contributed by atoms with Gasteiger partial charge < -0.3 is 34.9 Å². The second-order valence-corrected chi connectivity index (χ2v) is 13.3. The van der Waals surface area contributed by atoms with Crippen LogP contribution in [0.2, 0.25) is 0 Å². The molecular formula is C40H46N4O5. The van der Waals surface area contributed by atoms with Crippen molar-refractivity contribution >= 4 is 17.4 Å². The number of amides is 2. The van der Waals surface area contributed by atoms with Crippen molar-refractivity contribution in [3.8, 4) is 11.5 Å². The van der Waals surface area contributed by atoms with Crippen molar-refractivity contribution in [3.05, 3.63) is 120 Å². The topological polar surface area (TPSA) is 95.5 Å². The van der Waals surface area contributed by atoms with Gasteiger partial charge in [0.1, 0.15) is 11.5 Å². The predicted octanol–water partition coefficient (Wildman–Crippen LogP) is 7.72. The van der Waals surface area contributed by atoms with Crippen LogP contribution in [0.1, 0.15) is 61.2 Å². The fraction of sp³-hybridized carbons (Fsp3) is 0.375. The van der Waals surface area contributed by atoms with Crippen LogP contribution in [0.4, 0.5) is 16.2 Å². The van der Waals surface area contributed by atoms with Crippen molar-refractivity contribution < 1.29 is 24.1 Å². The van der Waals surface area contributed by atoms with Gasteiger partial charge in [0.2, 0.25) is 0 Å². The number of likely N-dealkylation sites (tertiary alicyclic amines) is 2. The van der Waals surface area contributed by atoms with Gasteiger partial charge in [0.05, 0.1) is 18.8 Å². The first kappa shape index (κ1) is 33.3. The molecule has 3 N–H and O–H groups in total. The van der Waals surface area contributed by atoms with Crippen LogP contribution in [-0.2, 0) is 16.1 Å². The molecule has 3 aliphatic rings. The van der Waals surface area contributed by atoms with Crippen LogP contribution in [-0.4, -0.2) is 65.8 Å². The lowest BCUT2D eigenvalue weighted by Gasteiger charge is -2.39. The van der Waals surface area contributed by atoms with Crippen LogP contribution >= 0.6 is 0 Å². The van der Waals surface area contributed by atoms with Crippen molar-refractivity contribution in [2.24, 2.45) is 0 Å². The fourth-order valence-corrected chi connectivity index (χ4v) is 7.19. The number of para-hydroxylation sites is 1. The molecule has 0 bridgehead atoms. The summed E-state index contributed by atoms with van der Waals surface area (Å²) in [7, 11) is 0. The smallest absolute Gasteiger partial charge is 0.323 e. The van der Waals surface area contributed by atoms with Crippen molar-refractivity contribution in [3.63, 3.8) is 0 Å². The van der Waals surface area contributed by atoms with Crippen molar-refractivity contribution in [1.82, 2.24) is 9.80 Å². The standard InChI is InChI=1S/C40H46N4O5/c45-28-29-13-15-30(16-14-29)38-25-37(27-44-23-7-10-34(44)26-43-21-4-5-22-43)48-39(49-38)31-8-6-9-33(24-31)42-40(46)41-32-17-19-36(20-18-32)47-35-11-2-1-3-12-35/h1-3,6,8-9,11-20,24,34,37-39,45H,4-5,7,10,21-23,25-28H2,(H2,41,42,46)/t34-,37+,38-,39-/m0/s1. The van der Waals surface area contributed by atoms with E-state index in [4.69, 9.17) is 14.2 Å². The quantitative estimate of drug-likeness (QED) is 0.151. The highest BCUT2D eigenvalue weighted by Crippen LogP contribution is 2.39. The van der Waals surface area contributed by atoms with E-state index in [9.17, 15) is 9.90 Å². The fourth-order valence-electron chi connectivity index (χ4n) is 7.19. The van der Waals surface area contributed by atoms with Gasteiger partial charge in [-0.3, -0.25) is 4.90 Å². The van der Waals surface area contributed by atoms with E-state index in [0.29, 0.717) is 23.2 Å². The van der Waals surface area contributed by atoms with Gasteiger partial charge in [-0.2, -0.15) is 0 Å². The molecule has 4 aromatic rings. The van der Waals surface area contributed by atoms with Crippen LogP contribution in [0.5, 0.6) is 11.5 Å². The molecule has 3 aliphatic heterocycles. The third kappa shape index (κ3) is 8.86. The molecule has 0 saturated carbocycles. The number of benzene rings is 4. The Morgan fingerprint density at radius 2 is 1.51 bits per heavy atom. The number of hydrogen-bond donors (Lipinski definition) is 3. The largest absolute Gasteiger partial charge is 0.457 e. The third-order valence-electron chi connectivity index (χ3n) is 9.73. The van der Waals surface area contributed by atoms with Gasteiger partial charge in [-0.05, 0) is 105 Å². The molecule has 4 atom stereocenters. The molecule has 3 saturated heterocycles. The highest BCUT2D eigenvalue weighted by atomic mass is 16.7. The molecule has 3 fully saturated rings. The lowest BCUT2D eigenvalue weighted by Crippen LogP contribution is -2.45. The Morgan fingerprint density at radius 3 is 2.29 bits per heavy atom. The molecule has 9 heteroatoms. The second-order valence-electron chi connectivity index (χ2n) is 13.3. The zero-order valence-corrected chi connectivity index (χ0v) is 27.9. The Morgan fingerprint density at radius 1 is 0.755 bits per heavy atom. The highest BCUT2D eigenvalue weighted by Gasteiger charge is 2.36. The number of aliphatic hydroxyl groups excluding tert-OH is 1. The maximum Gasteiger partial charge on any atom is 0.323 e. The van der Waals surface area contributed by atoms with E-state index in [2.05, 4.69) is 20.4 Å². The molecule has 7 rings (SSSR count). The Kier molecular flexibility index (Phi) is 10.8. The van der Waals surface area contributed by atoms with Crippen LogP contribution in [0.25, 0.3) is 0 Å².